The van der Waals surface area contributed by atoms with Crippen molar-refractivity contribution in [3.8, 4) is 11.4 Å². The molecule has 1 heterocycles. The van der Waals surface area contributed by atoms with Crippen molar-refractivity contribution in [2.24, 2.45) is 5.92 Å². The topological polar surface area (TPSA) is 61.9 Å². The van der Waals surface area contributed by atoms with E-state index in [1.165, 1.54) is 30.7 Å². The van der Waals surface area contributed by atoms with Gasteiger partial charge in [0.05, 0.1) is 11.3 Å². The maximum Gasteiger partial charge on any atom is 0.233 e. The van der Waals surface area contributed by atoms with Crippen LogP contribution in [0.3, 0.4) is 0 Å². The van der Waals surface area contributed by atoms with E-state index in [1.807, 2.05) is 11.9 Å². The van der Waals surface area contributed by atoms with E-state index in [0.29, 0.717) is 22.6 Å². The number of amides is 1. The van der Waals surface area contributed by atoms with Crippen LogP contribution in [-0.4, -0.2) is 44.8 Å². The summed E-state index contributed by atoms with van der Waals surface area (Å²) in [4.78, 5) is 18.6. The van der Waals surface area contributed by atoms with Gasteiger partial charge in [-0.1, -0.05) is 30.8 Å². The predicted octanol–water partition coefficient (Wildman–Crippen LogP) is 3.74. The first kappa shape index (κ1) is 17.9. The molecule has 1 amide bonds. The molecule has 134 valence electrons. The molecule has 0 atom stereocenters. The average molecular weight is 362 g/mol. The van der Waals surface area contributed by atoms with E-state index in [4.69, 9.17) is 0 Å². The Morgan fingerprint density at radius 1 is 1.32 bits per heavy atom. The van der Waals surface area contributed by atoms with Crippen LogP contribution in [0.1, 0.15) is 32.6 Å². The number of nitrogens with one attached hydrogen (secondary N) is 1. The molecule has 3 rings (SSSR count). The van der Waals surface area contributed by atoms with Gasteiger partial charge in [0.1, 0.15) is 5.82 Å². The molecule has 0 aliphatic heterocycles. The second-order valence-corrected chi connectivity index (χ2v) is 7.60. The molecule has 0 radical (unpaired) electrons. The smallest absolute Gasteiger partial charge is 0.233 e. The normalized spacial score (nSPS) is 20.4. The molecule has 2 aromatic rings. The van der Waals surface area contributed by atoms with Gasteiger partial charge < -0.3 is 4.90 Å². The van der Waals surface area contributed by atoms with Gasteiger partial charge in [-0.2, -0.15) is 0 Å². The highest BCUT2D eigenvalue weighted by molar-refractivity contribution is 7.99. The maximum absolute atomic E-state index is 13.8. The van der Waals surface area contributed by atoms with E-state index in [1.54, 1.807) is 18.2 Å². The van der Waals surface area contributed by atoms with E-state index in [0.717, 1.165) is 18.8 Å². The molecule has 0 saturated heterocycles. The van der Waals surface area contributed by atoms with Gasteiger partial charge in [0.15, 0.2) is 5.82 Å². The van der Waals surface area contributed by atoms with Crippen molar-refractivity contribution >= 4 is 17.7 Å². The Balaban J connectivity index is 1.55. The summed E-state index contributed by atoms with van der Waals surface area (Å²) in [7, 11) is 1.88. The number of benzene rings is 1. The first-order chi connectivity index (χ1) is 12.0. The van der Waals surface area contributed by atoms with Gasteiger partial charge >= 0.3 is 0 Å². The fraction of sp³-hybridized carbons (Fsp3) is 0.500. The minimum atomic E-state index is -0.350. The number of aromatic nitrogens is 3. The average Bonchev–Trinajstić information content (AvgIpc) is 3.09. The van der Waals surface area contributed by atoms with Gasteiger partial charge in [0.25, 0.3) is 0 Å². The zero-order chi connectivity index (χ0) is 17.8. The molecule has 1 aromatic carbocycles. The zero-order valence-corrected chi connectivity index (χ0v) is 15.4. The number of aromatic amines is 1. The van der Waals surface area contributed by atoms with Crippen LogP contribution in [0.4, 0.5) is 4.39 Å². The lowest BCUT2D eigenvalue weighted by Gasteiger charge is -2.33. The zero-order valence-electron chi connectivity index (χ0n) is 14.5. The first-order valence-corrected chi connectivity index (χ1v) is 9.59. The SMILES string of the molecule is CC1CCC(N(C)C(=O)CSc2n[nH]c(-c3ccccc3F)n2)CC1. The quantitative estimate of drug-likeness (QED) is 0.823. The van der Waals surface area contributed by atoms with Crippen LogP contribution < -0.4 is 0 Å². The molecule has 1 aliphatic carbocycles. The van der Waals surface area contributed by atoms with Gasteiger partial charge in [-0.15, -0.1) is 5.10 Å². The molecular weight excluding hydrogens is 339 g/mol. The minimum Gasteiger partial charge on any atom is -0.342 e. The molecule has 7 heteroatoms. The van der Waals surface area contributed by atoms with Crippen molar-refractivity contribution in [1.29, 1.82) is 0 Å². The summed E-state index contributed by atoms with van der Waals surface area (Å²) < 4.78 is 13.8. The van der Waals surface area contributed by atoms with E-state index in [2.05, 4.69) is 22.1 Å². The number of thioether (sulfide) groups is 1. The van der Waals surface area contributed by atoms with Gasteiger partial charge in [-0.3, -0.25) is 9.89 Å². The van der Waals surface area contributed by atoms with E-state index < -0.39 is 0 Å². The lowest BCUT2D eigenvalue weighted by molar-refractivity contribution is -0.129. The third-order valence-electron chi connectivity index (χ3n) is 4.85. The highest BCUT2D eigenvalue weighted by Crippen LogP contribution is 2.27. The Hall–Kier alpha value is -1.89. The maximum atomic E-state index is 13.8. The fourth-order valence-corrected chi connectivity index (χ4v) is 3.87. The Morgan fingerprint density at radius 3 is 2.76 bits per heavy atom. The number of hydrogen-bond acceptors (Lipinski definition) is 4. The van der Waals surface area contributed by atoms with Gasteiger partial charge in [0, 0.05) is 13.1 Å². The number of H-pyrrole nitrogens is 1. The highest BCUT2D eigenvalue weighted by Gasteiger charge is 2.25. The van der Waals surface area contributed by atoms with Crippen molar-refractivity contribution in [3.05, 3.63) is 30.1 Å². The predicted molar refractivity (Wildman–Crippen MR) is 96.7 cm³/mol. The summed E-state index contributed by atoms with van der Waals surface area (Å²) in [5, 5.41) is 7.27. The molecule has 1 aromatic heterocycles. The summed E-state index contributed by atoms with van der Waals surface area (Å²) >= 11 is 1.28. The van der Waals surface area contributed by atoms with Crippen molar-refractivity contribution in [2.75, 3.05) is 12.8 Å². The second-order valence-electron chi connectivity index (χ2n) is 6.65. The van der Waals surface area contributed by atoms with Crippen molar-refractivity contribution in [3.63, 3.8) is 0 Å². The highest BCUT2D eigenvalue weighted by atomic mass is 32.2. The molecule has 1 fully saturated rings. The lowest BCUT2D eigenvalue weighted by atomic mass is 9.87. The van der Waals surface area contributed by atoms with E-state index in [9.17, 15) is 9.18 Å². The largest absolute Gasteiger partial charge is 0.342 e. The monoisotopic (exact) mass is 362 g/mol. The Bertz CT molecular complexity index is 727. The van der Waals surface area contributed by atoms with E-state index in [-0.39, 0.29) is 17.5 Å². The molecule has 0 spiro atoms. The second kappa shape index (κ2) is 7.99. The lowest BCUT2D eigenvalue weighted by Crippen LogP contribution is -2.40. The Morgan fingerprint density at radius 2 is 2.04 bits per heavy atom. The van der Waals surface area contributed by atoms with Crippen molar-refractivity contribution in [1.82, 2.24) is 20.1 Å². The van der Waals surface area contributed by atoms with Gasteiger partial charge in [0.2, 0.25) is 11.1 Å². The van der Waals surface area contributed by atoms with Crippen LogP contribution >= 0.6 is 11.8 Å². The molecule has 1 aliphatic rings. The molecule has 0 unspecified atom stereocenters. The summed E-state index contributed by atoms with van der Waals surface area (Å²) in [6.45, 7) is 2.27. The molecule has 1 N–H and O–H groups in total. The van der Waals surface area contributed by atoms with Crippen LogP contribution in [0.15, 0.2) is 29.4 Å². The number of carbonyl (C=O) groups is 1. The van der Waals surface area contributed by atoms with Crippen molar-refractivity contribution < 1.29 is 9.18 Å². The summed E-state index contributed by atoms with van der Waals surface area (Å²) in [5.41, 5.74) is 0.377. The van der Waals surface area contributed by atoms with Crippen LogP contribution in [0.5, 0.6) is 0 Å². The van der Waals surface area contributed by atoms with E-state index >= 15 is 0 Å². The van der Waals surface area contributed by atoms with Crippen molar-refractivity contribution in [2.45, 2.75) is 43.8 Å². The number of hydrogen-bond donors (Lipinski definition) is 1. The first-order valence-electron chi connectivity index (χ1n) is 8.60. The molecule has 0 bridgehead atoms. The number of nitrogens with zero attached hydrogens (tertiary/aromatic N) is 3. The van der Waals surface area contributed by atoms with Crippen LogP contribution in [0.25, 0.3) is 11.4 Å². The third-order valence-corrected chi connectivity index (χ3v) is 5.68. The van der Waals surface area contributed by atoms with Crippen LogP contribution in [-0.2, 0) is 4.79 Å². The Kier molecular flexibility index (Phi) is 5.73. The Labute approximate surface area is 151 Å². The minimum absolute atomic E-state index is 0.0850. The summed E-state index contributed by atoms with van der Waals surface area (Å²) in [6.07, 6.45) is 4.52. The summed E-state index contributed by atoms with van der Waals surface area (Å²) in [6, 6.07) is 6.75. The number of halogens is 1. The third kappa shape index (κ3) is 4.39. The molecular formula is C18H23FN4OS. The molecule has 25 heavy (non-hydrogen) atoms. The molecule has 5 nitrogen and oxygen atoms in total. The van der Waals surface area contributed by atoms with Gasteiger partial charge in [-0.05, 0) is 43.7 Å². The summed E-state index contributed by atoms with van der Waals surface area (Å²) in [5.74, 6) is 1.16. The van der Waals surface area contributed by atoms with Gasteiger partial charge in [-0.25, -0.2) is 9.37 Å². The number of rotatable bonds is 5. The number of carbonyl (C=O) groups excluding carboxylic acids is 1. The molecule has 1 saturated carbocycles. The standard InChI is InChI=1S/C18H23FN4OS/c1-12-7-9-13(10-8-12)23(2)16(24)11-25-18-20-17(21-22-18)14-5-3-4-6-15(14)19/h3-6,12-13H,7-11H2,1-2H3,(H,20,21,22). The fourth-order valence-electron chi connectivity index (χ4n) is 3.15. The van der Waals surface area contributed by atoms with Crippen LogP contribution in [0.2, 0.25) is 0 Å². The van der Waals surface area contributed by atoms with Crippen LogP contribution in [0, 0.1) is 11.7 Å².